The molecule has 4 nitrogen and oxygen atoms in total. The Kier molecular flexibility index (Phi) is 4.14. The third-order valence-electron chi connectivity index (χ3n) is 2.73. The molecule has 19 heavy (non-hydrogen) atoms. The minimum Gasteiger partial charge on any atom is -0.370 e. The van der Waals surface area contributed by atoms with E-state index in [-0.39, 0.29) is 5.41 Å². The Labute approximate surface area is 118 Å². The van der Waals surface area contributed by atoms with Gasteiger partial charge in [-0.1, -0.05) is 20.8 Å². The molecule has 5 heteroatoms. The molecule has 0 radical (unpaired) electrons. The van der Waals surface area contributed by atoms with Crippen LogP contribution in [0.3, 0.4) is 0 Å². The van der Waals surface area contributed by atoms with Crippen molar-refractivity contribution in [3.05, 3.63) is 34.2 Å². The van der Waals surface area contributed by atoms with E-state index in [2.05, 4.69) is 48.4 Å². The van der Waals surface area contributed by atoms with Crippen molar-refractivity contribution in [1.29, 1.82) is 0 Å². The van der Waals surface area contributed by atoms with Crippen LogP contribution in [0.25, 0.3) is 0 Å². The van der Waals surface area contributed by atoms with Gasteiger partial charge in [0.05, 0.1) is 16.4 Å². The quantitative estimate of drug-likeness (QED) is 0.931. The van der Waals surface area contributed by atoms with Crippen LogP contribution in [0.4, 0.5) is 5.82 Å². The first-order chi connectivity index (χ1) is 8.99. The topological polar surface area (TPSA) is 50.7 Å². The predicted molar refractivity (Wildman–Crippen MR) is 79.8 cm³/mol. The summed E-state index contributed by atoms with van der Waals surface area (Å²) in [6.45, 7) is 9.46. The summed E-state index contributed by atoms with van der Waals surface area (Å²) in [5, 5.41) is 6.44. The SMILES string of the molecule is CCNc1cc(Cc2nc(C(C)(C)C)cs2)ncn1. The molecule has 0 spiro atoms. The highest BCUT2D eigenvalue weighted by molar-refractivity contribution is 7.09. The highest BCUT2D eigenvalue weighted by Gasteiger charge is 2.17. The summed E-state index contributed by atoms with van der Waals surface area (Å²) >= 11 is 1.70. The van der Waals surface area contributed by atoms with Crippen LogP contribution in [0.2, 0.25) is 0 Å². The highest BCUT2D eigenvalue weighted by Crippen LogP contribution is 2.24. The molecule has 0 saturated carbocycles. The van der Waals surface area contributed by atoms with E-state index >= 15 is 0 Å². The van der Waals surface area contributed by atoms with Crippen LogP contribution in [0.15, 0.2) is 17.8 Å². The van der Waals surface area contributed by atoms with E-state index in [1.165, 1.54) is 0 Å². The summed E-state index contributed by atoms with van der Waals surface area (Å²) in [5.41, 5.74) is 2.25. The maximum absolute atomic E-state index is 4.69. The molecule has 0 fully saturated rings. The van der Waals surface area contributed by atoms with Gasteiger partial charge in [-0.2, -0.15) is 0 Å². The van der Waals surface area contributed by atoms with Crippen molar-refractivity contribution in [2.24, 2.45) is 0 Å². The summed E-state index contributed by atoms with van der Waals surface area (Å²) in [6, 6.07) is 1.99. The number of nitrogens with zero attached hydrogens (tertiary/aromatic N) is 3. The van der Waals surface area contributed by atoms with Crippen molar-refractivity contribution in [3.8, 4) is 0 Å². The molecule has 102 valence electrons. The Hall–Kier alpha value is -1.49. The van der Waals surface area contributed by atoms with Gasteiger partial charge in [-0.3, -0.25) is 0 Å². The molecule has 0 aliphatic carbocycles. The fourth-order valence-electron chi connectivity index (χ4n) is 1.66. The third kappa shape index (κ3) is 3.73. The lowest BCUT2D eigenvalue weighted by Gasteiger charge is -2.14. The van der Waals surface area contributed by atoms with Crippen LogP contribution in [-0.4, -0.2) is 21.5 Å². The van der Waals surface area contributed by atoms with Gasteiger partial charge in [0.2, 0.25) is 0 Å². The van der Waals surface area contributed by atoms with Gasteiger partial charge in [-0.15, -0.1) is 11.3 Å². The number of anilines is 1. The summed E-state index contributed by atoms with van der Waals surface area (Å²) in [7, 11) is 0. The van der Waals surface area contributed by atoms with Crippen molar-refractivity contribution < 1.29 is 0 Å². The first kappa shape index (κ1) is 13.9. The van der Waals surface area contributed by atoms with Gasteiger partial charge in [0.25, 0.3) is 0 Å². The number of rotatable bonds is 4. The lowest BCUT2D eigenvalue weighted by molar-refractivity contribution is 0.571. The van der Waals surface area contributed by atoms with Crippen LogP contribution >= 0.6 is 11.3 Å². The van der Waals surface area contributed by atoms with E-state index in [1.807, 2.05) is 6.07 Å². The van der Waals surface area contributed by atoms with E-state index in [1.54, 1.807) is 17.7 Å². The zero-order valence-corrected chi connectivity index (χ0v) is 12.7. The average Bonchev–Trinajstić information content (AvgIpc) is 2.78. The zero-order valence-electron chi connectivity index (χ0n) is 11.9. The van der Waals surface area contributed by atoms with Crippen molar-refractivity contribution >= 4 is 17.2 Å². The summed E-state index contributed by atoms with van der Waals surface area (Å²) in [5.74, 6) is 0.875. The Morgan fingerprint density at radius 2 is 2.05 bits per heavy atom. The van der Waals surface area contributed by atoms with E-state index in [0.717, 1.165) is 35.2 Å². The Balaban J connectivity index is 2.12. The van der Waals surface area contributed by atoms with Gasteiger partial charge < -0.3 is 5.32 Å². The Morgan fingerprint density at radius 3 is 2.68 bits per heavy atom. The monoisotopic (exact) mass is 276 g/mol. The highest BCUT2D eigenvalue weighted by atomic mass is 32.1. The van der Waals surface area contributed by atoms with Crippen molar-refractivity contribution in [1.82, 2.24) is 15.0 Å². The molecule has 0 amide bonds. The van der Waals surface area contributed by atoms with Crippen molar-refractivity contribution in [3.63, 3.8) is 0 Å². The van der Waals surface area contributed by atoms with Gasteiger partial charge in [-0.25, -0.2) is 15.0 Å². The molecule has 0 aliphatic rings. The van der Waals surface area contributed by atoms with Crippen LogP contribution < -0.4 is 5.32 Å². The second-order valence-electron chi connectivity index (χ2n) is 5.48. The molecule has 2 heterocycles. The molecule has 0 saturated heterocycles. The van der Waals surface area contributed by atoms with Crippen molar-refractivity contribution in [2.45, 2.75) is 39.5 Å². The summed E-state index contributed by atoms with van der Waals surface area (Å²) in [6.07, 6.45) is 2.37. The number of hydrogen-bond donors (Lipinski definition) is 1. The second-order valence-corrected chi connectivity index (χ2v) is 6.42. The molecule has 0 bridgehead atoms. The van der Waals surface area contributed by atoms with Crippen LogP contribution in [0, 0.1) is 0 Å². The molecular weight excluding hydrogens is 256 g/mol. The number of thiazole rings is 1. The molecule has 2 aromatic heterocycles. The maximum Gasteiger partial charge on any atom is 0.129 e. The summed E-state index contributed by atoms with van der Waals surface area (Å²) in [4.78, 5) is 13.2. The summed E-state index contributed by atoms with van der Waals surface area (Å²) < 4.78 is 0. The van der Waals surface area contributed by atoms with E-state index < -0.39 is 0 Å². The van der Waals surface area contributed by atoms with Gasteiger partial charge in [-0.05, 0) is 6.92 Å². The molecule has 0 unspecified atom stereocenters. The number of aromatic nitrogens is 3. The van der Waals surface area contributed by atoms with Crippen LogP contribution in [-0.2, 0) is 11.8 Å². The largest absolute Gasteiger partial charge is 0.370 e. The molecule has 2 rings (SSSR count). The maximum atomic E-state index is 4.69. The van der Waals surface area contributed by atoms with Crippen LogP contribution in [0.5, 0.6) is 0 Å². The zero-order chi connectivity index (χ0) is 13.9. The van der Waals surface area contributed by atoms with E-state index in [9.17, 15) is 0 Å². The van der Waals surface area contributed by atoms with Gasteiger partial charge >= 0.3 is 0 Å². The first-order valence-electron chi connectivity index (χ1n) is 6.48. The predicted octanol–water partition coefficient (Wildman–Crippen LogP) is 3.25. The van der Waals surface area contributed by atoms with Crippen LogP contribution in [0.1, 0.15) is 44.1 Å². The smallest absolute Gasteiger partial charge is 0.129 e. The van der Waals surface area contributed by atoms with Gasteiger partial charge in [0.1, 0.15) is 12.1 Å². The molecule has 2 aromatic rings. The van der Waals surface area contributed by atoms with E-state index in [4.69, 9.17) is 4.98 Å². The first-order valence-corrected chi connectivity index (χ1v) is 7.36. The second kappa shape index (κ2) is 5.65. The minimum atomic E-state index is 0.106. The standard InChI is InChI=1S/C14H20N4S/c1-5-15-12-6-10(16-9-17-12)7-13-18-11(8-19-13)14(2,3)4/h6,8-9H,5,7H2,1-4H3,(H,15,16,17). The van der Waals surface area contributed by atoms with Crippen molar-refractivity contribution in [2.75, 3.05) is 11.9 Å². The molecule has 1 N–H and O–H groups in total. The number of nitrogens with one attached hydrogen (secondary N) is 1. The molecular formula is C14H20N4S. The lowest BCUT2D eigenvalue weighted by Crippen LogP contribution is -2.11. The van der Waals surface area contributed by atoms with E-state index in [0.29, 0.717) is 0 Å². The number of hydrogen-bond acceptors (Lipinski definition) is 5. The van der Waals surface area contributed by atoms with Gasteiger partial charge in [0.15, 0.2) is 0 Å². The van der Waals surface area contributed by atoms with Gasteiger partial charge in [0, 0.05) is 29.8 Å². The lowest BCUT2D eigenvalue weighted by atomic mass is 9.93. The molecule has 0 atom stereocenters. The molecule has 0 aliphatic heterocycles. The Bertz CT molecular complexity index is 542. The normalized spacial score (nSPS) is 11.6. The average molecular weight is 276 g/mol. The molecule has 0 aromatic carbocycles. The minimum absolute atomic E-state index is 0.106. The fourth-order valence-corrected chi connectivity index (χ4v) is 2.70. The third-order valence-corrected chi connectivity index (χ3v) is 3.58. The Morgan fingerprint density at radius 1 is 1.26 bits per heavy atom. The fraction of sp³-hybridized carbons (Fsp3) is 0.500.